The van der Waals surface area contributed by atoms with E-state index in [1.54, 1.807) is 41.0 Å². The summed E-state index contributed by atoms with van der Waals surface area (Å²) in [7, 11) is 0. The molecule has 0 aliphatic carbocycles. The third kappa shape index (κ3) is 5.89. The van der Waals surface area contributed by atoms with Gasteiger partial charge in [0.15, 0.2) is 0 Å². The number of rotatable bonds is 7. The molecule has 0 bridgehead atoms. The van der Waals surface area contributed by atoms with Crippen molar-refractivity contribution in [2.45, 2.75) is 0 Å². The van der Waals surface area contributed by atoms with Crippen LogP contribution < -0.4 is 9.30 Å². The van der Waals surface area contributed by atoms with Gasteiger partial charge < -0.3 is 13.9 Å². The van der Waals surface area contributed by atoms with Crippen LogP contribution in [0.5, 0.6) is 11.5 Å². The molecule has 0 N–H and O–H groups in total. The van der Waals surface area contributed by atoms with E-state index in [4.69, 9.17) is 23.4 Å². The maximum absolute atomic E-state index is 8.70. The standard InChI is InChI=1S/C48H30N4O.Pt/c1-3-15-34(16-4-1)39-21-7-9-24-43(39)51-33-50(45-26-11-12-27-46(45)51)36-19-13-20-37(31-36)53-38-29-30-41-40-22-8-10-25-44(40)52(47(41)32-38)48-28-14-23-42(49-48)35-17-5-2-6-18-35;/h1-30H;/q-2;/i1D,2D,3D,4D,5D,6D,15D,16D,17D,18D;. The minimum Gasteiger partial charge on any atom is -0.510 e. The third-order valence-corrected chi connectivity index (χ3v) is 8.97. The van der Waals surface area contributed by atoms with E-state index in [0.29, 0.717) is 39.8 Å². The van der Waals surface area contributed by atoms with Gasteiger partial charge in [0.25, 0.3) is 6.33 Å². The molecule has 6 heteroatoms. The zero-order valence-electron chi connectivity index (χ0n) is 38.1. The molecule has 0 saturated heterocycles. The van der Waals surface area contributed by atoms with Crippen molar-refractivity contribution in [3.8, 4) is 51.1 Å². The van der Waals surface area contributed by atoms with E-state index in [9.17, 15) is 0 Å². The Balaban J connectivity index is 0.00000518. The Morgan fingerprint density at radius 3 is 2.15 bits per heavy atom. The molecular weight excluding hydrogens is 844 g/mol. The molecule has 0 aliphatic heterocycles. The minimum absolute atomic E-state index is 0. The molecule has 3 heterocycles. The summed E-state index contributed by atoms with van der Waals surface area (Å²) in [4.78, 5) is 4.85. The van der Waals surface area contributed by atoms with Gasteiger partial charge in [0.1, 0.15) is 5.82 Å². The second kappa shape index (κ2) is 14.1. The van der Waals surface area contributed by atoms with Crippen LogP contribution in [0.15, 0.2) is 182 Å². The zero-order valence-corrected chi connectivity index (χ0v) is 30.3. The second-order valence-corrected chi connectivity index (χ2v) is 12.1. The molecule has 10 aromatic rings. The Morgan fingerprint density at radius 2 is 1.30 bits per heavy atom. The van der Waals surface area contributed by atoms with Gasteiger partial charge in [-0.3, -0.25) is 4.57 Å². The van der Waals surface area contributed by atoms with E-state index in [-0.39, 0.29) is 62.1 Å². The fourth-order valence-electron chi connectivity index (χ4n) is 6.66. The molecule has 7 aromatic carbocycles. The maximum Gasteiger partial charge on any atom is 0.268 e. The average molecular weight is 884 g/mol. The Bertz CT molecular complexity index is 3480. The number of imidazole rings is 1. The number of pyridine rings is 1. The van der Waals surface area contributed by atoms with Gasteiger partial charge in [-0.15, -0.1) is 29.7 Å². The number of hydrogen-bond donors (Lipinski definition) is 0. The van der Waals surface area contributed by atoms with Gasteiger partial charge in [0.05, 0.1) is 36.1 Å². The van der Waals surface area contributed by atoms with Crippen molar-refractivity contribution in [2.75, 3.05) is 0 Å². The van der Waals surface area contributed by atoms with Crippen LogP contribution in [0.3, 0.4) is 0 Å². The summed E-state index contributed by atoms with van der Waals surface area (Å²) in [6.07, 6.45) is 3.42. The maximum atomic E-state index is 8.70. The number of benzene rings is 7. The van der Waals surface area contributed by atoms with Gasteiger partial charge in [0.2, 0.25) is 0 Å². The summed E-state index contributed by atoms with van der Waals surface area (Å²) in [6, 6.07) is 39.8. The van der Waals surface area contributed by atoms with Crippen molar-refractivity contribution in [1.29, 1.82) is 0 Å². The first-order chi connectivity index (χ1) is 30.4. The van der Waals surface area contributed by atoms with Gasteiger partial charge >= 0.3 is 0 Å². The average Bonchev–Trinajstić information content (AvgIpc) is 3.85. The molecule has 10 rings (SSSR count). The summed E-state index contributed by atoms with van der Waals surface area (Å²) in [5.41, 5.74) is 4.86. The van der Waals surface area contributed by atoms with Crippen molar-refractivity contribution >= 4 is 32.8 Å². The number of nitrogens with zero attached hydrogens (tertiary/aromatic N) is 4. The first kappa shape index (κ1) is 23.9. The Labute approximate surface area is 341 Å². The molecule has 0 fully saturated rings. The topological polar surface area (TPSA) is 35.9 Å². The number of hydrogen-bond acceptors (Lipinski definition) is 2. The van der Waals surface area contributed by atoms with E-state index < -0.39 is 36.3 Å². The van der Waals surface area contributed by atoms with Crippen LogP contribution in [-0.2, 0) is 21.1 Å². The quantitative estimate of drug-likeness (QED) is 0.118. The summed E-state index contributed by atoms with van der Waals surface area (Å²) in [5, 5.41) is 1.79. The number of fused-ring (bicyclic) bond motifs is 4. The second-order valence-electron chi connectivity index (χ2n) is 12.1. The van der Waals surface area contributed by atoms with Crippen LogP contribution in [-0.4, -0.2) is 14.1 Å². The van der Waals surface area contributed by atoms with Crippen molar-refractivity contribution in [1.82, 2.24) is 14.1 Å². The van der Waals surface area contributed by atoms with Crippen LogP contribution in [0, 0.1) is 18.5 Å². The largest absolute Gasteiger partial charge is 0.510 e. The van der Waals surface area contributed by atoms with Crippen LogP contribution in [0.4, 0.5) is 0 Å². The van der Waals surface area contributed by atoms with E-state index in [1.807, 2.05) is 94.1 Å². The predicted molar refractivity (Wildman–Crippen MR) is 211 cm³/mol. The van der Waals surface area contributed by atoms with Crippen LogP contribution >= 0.6 is 0 Å². The number of para-hydroxylation sites is 4. The summed E-state index contributed by atoms with van der Waals surface area (Å²) >= 11 is 0. The first-order valence-electron chi connectivity index (χ1n) is 21.7. The van der Waals surface area contributed by atoms with Gasteiger partial charge in [-0.1, -0.05) is 133 Å². The normalized spacial score (nSPS) is 13.8. The molecule has 0 spiro atoms. The Morgan fingerprint density at radius 1 is 0.593 bits per heavy atom. The Kier molecular flexibility index (Phi) is 6.25. The summed E-state index contributed by atoms with van der Waals surface area (Å²) < 4.78 is 95.7. The molecule has 260 valence electrons. The van der Waals surface area contributed by atoms with E-state index in [1.165, 1.54) is 0 Å². The van der Waals surface area contributed by atoms with Crippen molar-refractivity contribution in [3.63, 3.8) is 0 Å². The molecule has 54 heavy (non-hydrogen) atoms. The molecule has 0 aliphatic rings. The SMILES string of the molecule is [2H]c1c([2H])c([2H])c(-c2cccc(-n3c4[c-]c(Oc5[c-]c(-n6[c-][n+](-c7ccccc7-c7c([2H])c([2H])c([2H])c([2H])c7[2H])c7ccccc76)ccc5)ccc4c4ccccc43)n2)c([2H])c1[2H].[Pt]. The molecule has 0 amide bonds. The smallest absolute Gasteiger partial charge is 0.268 e. The number of ether oxygens (including phenoxy) is 1. The molecule has 0 saturated carbocycles. The first-order valence-corrected chi connectivity index (χ1v) is 16.7. The molecule has 0 radical (unpaired) electrons. The monoisotopic (exact) mass is 883 g/mol. The van der Waals surface area contributed by atoms with Crippen molar-refractivity contribution in [3.05, 3.63) is 200 Å². The molecule has 5 nitrogen and oxygen atoms in total. The van der Waals surface area contributed by atoms with E-state index >= 15 is 0 Å². The fraction of sp³-hybridized carbons (Fsp3) is 0. The summed E-state index contributed by atoms with van der Waals surface area (Å²) in [5.74, 6) is 1.21. The Hall–Kier alpha value is -6.55. The summed E-state index contributed by atoms with van der Waals surface area (Å²) in [6.45, 7) is 0. The third-order valence-electron chi connectivity index (χ3n) is 8.97. The van der Waals surface area contributed by atoms with E-state index in [0.717, 1.165) is 27.3 Å². The minimum atomic E-state index is -0.475. The van der Waals surface area contributed by atoms with E-state index in [2.05, 4.69) is 18.5 Å². The van der Waals surface area contributed by atoms with Crippen LogP contribution in [0.25, 0.3) is 72.4 Å². The van der Waals surface area contributed by atoms with Crippen LogP contribution in [0.1, 0.15) is 13.7 Å². The van der Waals surface area contributed by atoms with Gasteiger partial charge in [-0.05, 0) is 46.5 Å². The predicted octanol–water partition coefficient (Wildman–Crippen LogP) is 10.9. The fourth-order valence-corrected chi connectivity index (χ4v) is 6.66. The van der Waals surface area contributed by atoms with Gasteiger partial charge in [-0.25, -0.2) is 4.98 Å². The zero-order chi connectivity index (χ0) is 43.8. The molecule has 0 unspecified atom stereocenters. The number of aromatic nitrogens is 4. The van der Waals surface area contributed by atoms with Gasteiger partial charge in [-0.2, -0.15) is 18.2 Å². The van der Waals surface area contributed by atoms with Crippen LogP contribution in [0.2, 0.25) is 0 Å². The molecule has 0 atom stereocenters. The van der Waals surface area contributed by atoms with Crippen molar-refractivity contribution < 1.29 is 44.1 Å². The van der Waals surface area contributed by atoms with Crippen molar-refractivity contribution in [2.24, 2.45) is 0 Å². The molecule has 3 aromatic heterocycles. The van der Waals surface area contributed by atoms with Gasteiger partial charge in [0, 0.05) is 43.6 Å². The molecular formula is C48H30N4OPt-2.